The maximum absolute atomic E-state index is 2.66. The highest BCUT2D eigenvalue weighted by atomic mass is 15.1. The summed E-state index contributed by atoms with van der Waals surface area (Å²) < 4.78 is 0. The summed E-state index contributed by atoms with van der Waals surface area (Å²) in [6.07, 6.45) is 6.94. The summed E-state index contributed by atoms with van der Waals surface area (Å²) in [6.45, 7) is 0. The molecule has 7 aliphatic carbocycles. The van der Waals surface area contributed by atoms with Crippen molar-refractivity contribution >= 4 is 17.1 Å². The molecule has 1 nitrogen and oxygen atoms in total. The van der Waals surface area contributed by atoms with Crippen LogP contribution in [0, 0.1) is 23.7 Å². The summed E-state index contributed by atoms with van der Waals surface area (Å²) in [5.74, 6) is 3.19. The van der Waals surface area contributed by atoms with Crippen molar-refractivity contribution in [1.82, 2.24) is 0 Å². The van der Waals surface area contributed by atoms with Crippen LogP contribution in [-0.4, -0.2) is 0 Å². The highest BCUT2D eigenvalue weighted by Gasteiger charge is 2.61. The van der Waals surface area contributed by atoms with Gasteiger partial charge in [0, 0.05) is 22.5 Å². The third-order valence-corrected chi connectivity index (χ3v) is 17.5. The van der Waals surface area contributed by atoms with Crippen LogP contribution in [0.1, 0.15) is 65.5 Å². The summed E-state index contributed by atoms with van der Waals surface area (Å²) in [5, 5.41) is 0. The maximum Gasteiger partial charge on any atom is 0.0726 e. The number of nitrogens with zero attached hydrogens (tertiary/aromatic N) is 1. The fraction of sp³-hybridized carbons (Fsp3) is 0.169. The van der Waals surface area contributed by atoms with E-state index in [0.29, 0.717) is 11.8 Å². The SMILES string of the molecule is c1ccc(-c2ccccc2-c2ccc(N(c3ccc4c(c3)C3(c5ccccc5-c5ccccc53)c3ccccc3-4)c3ccc4c(c3)C3(c5ccccc5-4)C4CC5CC(C4)CC3C5)cc2)cc1. The van der Waals surface area contributed by atoms with Crippen LogP contribution in [0.2, 0.25) is 0 Å². The molecule has 0 N–H and O–H groups in total. The fourth-order valence-electron chi connectivity index (χ4n) is 15.3. The van der Waals surface area contributed by atoms with Gasteiger partial charge in [0.2, 0.25) is 0 Å². The first kappa shape index (κ1) is 37.0. The van der Waals surface area contributed by atoms with Gasteiger partial charge in [0.25, 0.3) is 0 Å². The van der Waals surface area contributed by atoms with Gasteiger partial charge in [-0.25, -0.2) is 0 Å². The molecule has 7 aliphatic rings. The van der Waals surface area contributed by atoms with Gasteiger partial charge in [-0.1, -0.05) is 176 Å². The summed E-state index contributed by atoms with van der Waals surface area (Å²) in [7, 11) is 0. The predicted molar refractivity (Wildman–Crippen MR) is 272 cm³/mol. The molecule has 0 unspecified atom stereocenters. The van der Waals surface area contributed by atoms with Crippen LogP contribution < -0.4 is 4.90 Å². The second-order valence-electron chi connectivity index (χ2n) is 20.4. The highest BCUT2D eigenvalue weighted by molar-refractivity contribution is 5.97. The lowest BCUT2D eigenvalue weighted by molar-refractivity contribution is -0.0399. The summed E-state index contributed by atoms with van der Waals surface area (Å²) in [5.41, 5.74) is 25.1. The fourth-order valence-corrected chi connectivity index (χ4v) is 15.3. The summed E-state index contributed by atoms with van der Waals surface area (Å²) in [6, 6.07) is 81.1. The van der Waals surface area contributed by atoms with Crippen molar-refractivity contribution in [2.75, 3.05) is 4.90 Å². The van der Waals surface area contributed by atoms with Gasteiger partial charge in [-0.3, -0.25) is 0 Å². The minimum atomic E-state index is -0.421. The first-order valence-electron chi connectivity index (χ1n) is 24.4. The monoisotopic (exact) mass is 843 g/mol. The van der Waals surface area contributed by atoms with Crippen molar-refractivity contribution in [3.63, 3.8) is 0 Å². The lowest BCUT2D eigenvalue weighted by Gasteiger charge is -2.61. The van der Waals surface area contributed by atoms with E-state index in [1.165, 1.54) is 127 Å². The van der Waals surface area contributed by atoms with E-state index in [1.807, 2.05) is 0 Å². The van der Waals surface area contributed by atoms with Gasteiger partial charge in [-0.2, -0.15) is 0 Å². The van der Waals surface area contributed by atoms with E-state index < -0.39 is 5.41 Å². The Hall–Kier alpha value is -7.22. The number of fused-ring (bicyclic) bond motifs is 13. The van der Waals surface area contributed by atoms with Gasteiger partial charge >= 0.3 is 0 Å². The van der Waals surface area contributed by atoms with Crippen LogP contribution in [0.15, 0.2) is 212 Å². The first-order chi connectivity index (χ1) is 32.7. The number of hydrogen-bond donors (Lipinski definition) is 0. The second-order valence-corrected chi connectivity index (χ2v) is 20.4. The predicted octanol–water partition coefficient (Wildman–Crippen LogP) is 16.6. The molecule has 0 atom stereocenters. The first-order valence-corrected chi connectivity index (χ1v) is 24.4. The molecule has 0 amide bonds. The van der Waals surface area contributed by atoms with Crippen LogP contribution in [0.5, 0.6) is 0 Å². The van der Waals surface area contributed by atoms with Crippen molar-refractivity contribution in [3.05, 3.63) is 246 Å². The molecule has 9 aromatic rings. The van der Waals surface area contributed by atoms with Crippen molar-refractivity contribution in [2.45, 2.75) is 42.9 Å². The van der Waals surface area contributed by atoms with Gasteiger partial charge < -0.3 is 4.90 Å². The van der Waals surface area contributed by atoms with Crippen molar-refractivity contribution in [2.24, 2.45) is 23.7 Å². The quantitative estimate of drug-likeness (QED) is 0.167. The largest absolute Gasteiger partial charge is 0.310 e. The van der Waals surface area contributed by atoms with E-state index in [4.69, 9.17) is 0 Å². The van der Waals surface area contributed by atoms with E-state index in [1.54, 1.807) is 11.1 Å². The zero-order valence-corrected chi connectivity index (χ0v) is 37.0. The molecule has 16 rings (SSSR count). The third kappa shape index (κ3) is 4.80. The Morgan fingerprint density at radius 1 is 0.288 bits per heavy atom. The van der Waals surface area contributed by atoms with Crippen LogP contribution in [0.4, 0.5) is 17.1 Å². The van der Waals surface area contributed by atoms with E-state index in [0.717, 1.165) is 11.8 Å². The normalized spacial score (nSPS) is 22.4. The van der Waals surface area contributed by atoms with Gasteiger partial charge in [0.15, 0.2) is 0 Å². The molecule has 2 spiro atoms. The topological polar surface area (TPSA) is 3.24 Å². The summed E-state index contributed by atoms with van der Waals surface area (Å²) >= 11 is 0. The Kier molecular flexibility index (Phi) is 7.67. The molecule has 0 aliphatic heterocycles. The average Bonchev–Trinajstić information content (AvgIpc) is 3.96. The molecule has 9 aromatic carbocycles. The molecule has 4 fully saturated rings. The van der Waals surface area contributed by atoms with Gasteiger partial charge in [0.1, 0.15) is 0 Å². The third-order valence-electron chi connectivity index (χ3n) is 17.5. The zero-order chi connectivity index (χ0) is 43.1. The second kappa shape index (κ2) is 13.7. The molecule has 314 valence electrons. The van der Waals surface area contributed by atoms with Crippen LogP contribution >= 0.6 is 0 Å². The molecule has 66 heavy (non-hydrogen) atoms. The number of anilines is 3. The molecule has 0 aromatic heterocycles. The van der Waals surface area contributed by atoms with Gasteiger partial charge in [0.05, 0.1) is 5.41 Å². The molecule has 4 saturated carbocycles. The van der Waals surface area contributed by atoms with Crippen LogP contribution in [0.25, 0.3) is 55.6 Å². The molecule has 1 heteroatoms. The Balaban J connectivity index is 0.953. The molecular formula is C65H49N. The van der Waals surface area contributed by atoms with Crippen LogP contribution in [-0.2, 0) is 10.8 Å². The van der Waals surface area contributed by atoms with E-state index in [2.05, 4.69) is 217 Å². The Morgan fingerprint density at radius 3 is 1.20 bits per heavy atom. The maximum atomic E-state index is 2.66. The lowest BCUT2D eigenvalue weighted by atomic mass is 9.43. The highest BCUT2D eigenvalue weighted by Crippen LogP contribution is 2.70. The van der Waals surface area contributed by atoms with Crippen molar-refractivity contribution in [3.8, 4) is 55.6 Å². The average molecular weight is 844 g/mol. The minimum absolute atomic E-state index is 0.0763. The van der Waals surface area contributed by atoms with Gasteiger partial charge in [-0.05, 0) is 181 Å². The number of benzene rings is 9. The molecule has 0 radical (unpaired) electrons. The minimum Gasteiger partial charge on any atom is -0.310 e. The number of hydrogen-bond acceptors (Lipinski definition) is 1. The zero-order valence-electron chi connectivity index (χ0n) is 37.0. The van der Waals surface area contributed by atoms with E-state index >= 15 is 0 Å². The Morgan fingerprint density at radius 2 is 0.667 bits per heavy atom. The molecule has 4 bridgehead atoms. The molecular weight excluding hydrogens is 795 g/mol. The van der Waals surface area contributed by atoms with E-state index in [9.17, 15) is 0 Å². The molecule has 0 saturated heterocycles. The standard InChI is InChI=1S/C65H49N/c1-2-14-43(15-3-1)50-16-4-5-17-51(50)44-26-28-47(29-27-44)66(48-30-32-56-54-20-6-10-22-58(54)64(62(56)39-48)45-35-41-34-42(37-45)38-46(64)36-41)49-31-33-57-55-21-9-13-25-61(55)65(63(57)40-49)59-23-11-7-18-52(59)53-19-8-12-24-60(53)65/h1-33,39-42,45-46H,34-38H2. The lowest BCUT2D eigenvalue weighted by Crippen LogP contribution is -2.55. The molecule has 0 heterocycles. The Bertz CT molecular complexity index is 3350. The van der Waals surface area contributed by atoms with Gasteiger partial charge in [-0.15, -0.1) is 0 Å². The Labute approximate surface area is 388 Å². The number of rotatable bonds is 5. The van der Waals surface area contributed by atoms with Crippen LogP contribution in [0.3, 0.4) is 0 Å². The van der Waals surface area contributed by atoms with Crippen molar-refractivity contribution < 1.29 is 0 Å². The smallest absolute Gasteiger partial charge is 0.0726 e. The summed E-state index contributed by atoms with van der Waals surface area (Å²) in [4.78, 5) is 2.59. The van der Waals surface area contributed by atoms with Crippen molar-refractivity contribution in [1.29, 1.82) is 0 Å². The van der Waals surface area contributed by atoms with E-state index in [-0.39, 0.29) is 5.41 Å².